The molecule has 21 heavy (non-hydrogen) atoms. The molecule has 0 aliphatic rings. The fourth-order valence-electron chi connectivity index (χ4n) is 1.98. The molecule has 1 aromatic carbocycles. The van der Waals surface area contributed by atoms with Gasteiger partial charge in [0.15, 0.2) is 5.78 Å². The molecule has 1 aromatic heterocycles. The number of ketones is 1. The first kappa shape index (κ1) is 15.5. The summed E-state index contributed by atoms with van der Waals surface area (Å²) >= 11 is 3.35. The second-order valence-corrected chi connectivity index (χ2v) is 5.72. The number of carbonyl (C=O) groups is 2. The Labute approximate surface area is 132 Å². The van der Waals surface area contributed by atoms with Crippen LogP contribution < -0.4 is 5.32 Å². The van der Waals surface area contributed by atoms with Gasteiger partial charge in [0.05, 0.1) is 0 Å². The summed E-state index contributed by atoms with van der Waals surface area (Å²) in [5, 5.41) is 2.82. The van der Waals surface area contributed by atoms with Crippen molar-refractivity contribution >= 4 is 33.3 Å². The number of carbonyl (C=O) groups excluding carboxylic acids is 2. The molecule has 110 valence electrons. The molecular formula is C16H17BrN2O2. The lowest BCUT2D eigenvalue weighted by molar-refractivity contribution is -0.116. The molecule has 0 unspecified atom stereocenters. The Bertz CT molecular complexity index is 632. The maximum atomic E-state index is 11.9. The van der Waals surface area contributed by atoms with Crippen molar-refractivity contribution in [3.05, 3.63) is 52.8 Å². The van der Waals surface area contributed by atoms with Gasteiger partial charge in [-0.2, -0.15) is 0 Å². The molecule has 0 aliphatic carbocycles. The number of Topliss-reactive ketones (excluding diaryl/α,β-unsaturated/α-hetero) is 1. The van der Waals surface area contributed by atoms with Gasteiger partial charge in [-0.3, -0.25) is 9.59 Å². The minimum atomic E-state index is -0.123. The van der Waals surface area contributed by atoms with Crippen LogP contribution >= 0.6 is 15.9 Å². The highest BCUT2D eigenvalue weighted by Crippen LogP contribution is 2.14. The van der Waals surface area contributed by atoms with E-state index in [0.29, 0.717) is 12.0 Å². The van der Waals surface area contributed by atoms with E-state index in [4.69, 9.17) is 0 Å². The average Bonchev–Trinajstić information content (AvgIpc) is 2.90. The molecule has 0 fully saturated rings. The topological polar surface area (TPSA) is 51.1 Å². The van der Waals surface area contributed by atoms with Crippen LogP contribution in [0.3, 0.4) is 0 Å². The second kappa shape index (κ2) is 7.22. The Balaban J connectivity index is 1.93. The third-order valence-corrected chi connectivity index (χ3v) is 3.53. The Morgan fingerprint density at radius 1 is 1.19 bits per heavy atom. The first-order valence-electron chi connectivity index (χ1n) is 6.83. The van der Waals surface area contributed by atoms with Crippen molar-refractivity contribution < 1.29 is 9.59 Å². The van der Waals surface area contributed by atoms with Gasteiger partial charge in [0.2, 0.25) is 5.91 Å². The number of nitrogens with one attached hydrogen (secondary N) is 1. The number of nitrogens with zero attached hydrogens (tertiary/aromatic N) is 1. The SMILES string of the molecule is CCCC(=O)c1ccn(CC(=O)Nc2ccc(Br)cc2)c1. The zero-order valence-corrected chi connectivity index (χ0v) is 13.4. The highest BCUT2D eigenvalue weighted by Gasteiger charge is 2.08. The normalized spacial score (nSPS) is 10.4. The van der Waals surface area contributed by atoms with Gasteiger partial charge in [0.25, 0.3) is 0 Å². The van der Waals surface area contributed by atoms with E-state index in [-0.39, 0.29) is 18.2 Å². The Morgan fingerprint density at radius 3 is 2.57 bits per heavy atom. The van der Waals surface area contributed by atoms with Crippen molar-refractivity contribution in [3.63, 3.8) is 0 Å². The summed E-state index contributed by atoms with van der Waals surface area (Å²) in [4.78, 5) is 23.7. The summed E-state index contributed by atoms with van der Waals surface area (Å²) in [5.41, 5.74) is 1.41. The van der Waals surface area contributed by atoms with Gasteiger partial charge in [-0.05, 0) is 36.8 Å². The molecule has 2 rings (SSSR count). The lowest BCUT2D eigenvalue weighted by atomic mass is 10.1. The summed E-state index contributed by atoms with van der Waals surface area (Å²) in [7, 11) is 0. The van der Waals surface area contributed by atoms with E-state index in [1.165, 1.54) is 0 Å². The zero-order valence-electron chi connectivity index (χ0n) is 11.8. The van der Waals surface area contributed by atoms with Crippen LogP contribution in [0.15, 0.2) is 47.2 Å². The average molecular weight is 349 g/mol. The fraction of sp³-hybridized carbons (Fsp3) is 0.250. The predicted molar refractivity (Wildman–Crippen MR) is 86.4 cm³/mol. The van der Waals surface area contributed by atoms with Crippen LogP contribution in [0.4, 0.5) is 5.69 Å². The maximum absolute atomic E-state index is 11.9. The fourth-order valence-corrected chi connectivity index (χ4v) is 2.24. The molecule has 0 aliphatic heterocycles. The van der Waals surface area contributed by atoms with Gasteiger partial charge in [-0.15, -0.1) is 0 Å². The number of amides is 1. The van der Waals surface area contributed by atoms with E-state index >= 15 is 0 Å². The molecular weight excluding hydrogens is 332 g/mol. The summed E-state index contributed by atoms with van der Waals surface area (Å²) in [6.07, 6.45) is 4.84. The first-order chi connectivity index (χ1) is 10.1. The van der Waals surface area contributed by atoms with Crippen molar-refractivity contribution in [2.45, 2.75) is 26.3 Å². The number of hydrogen-bond acceptors (Lipinski definition) is 2. The van der Waals surface area contributed by atoms with Crippen LogP contribution in [0.5, 0.6) is 0 Å². The lowest BCUT2D eigenvalue weighted by Gasteiger charge is -2.06. The number of hydrogen-bond donors (Lipinski definition) is 1. The molecule has 0 saturated carbocycles. The first-order valence-corrected chi connectivity index (χ1v) is 7.62. The van der Waals surface area contributed by atoms with Crippen LogP contribution in [0.1, 0.15) is 30.1 Å². The van der Waals surface area contributed by atoms with Crippen molar-refractivity contribution in [3.8, 4) is 0 Å². The number of rotatable bonds is 6. The Morgan fingerprint density at radius 2 is 1.90 bits per heavy atom. The van der Waals surface area contributed by atoms with Gasteiger partial charge in [-0.25, -0.2) is 0 Å². The van der Waals surface area contributed by atoms with Crippen LogP contribution in [0, 0.1) is 0 Å². The minimum absolute atomic E-state index is 0.115. The van der Waals surface area contributed by atoms with Crippen LogP contribution in [0.2, 0.25) is 0 Å². The van der Waals surface area contributed by atoms with Crippen molar-refractivity contribution in [2.24, 2.45) is 0 Å². The molecule has 0 atom stereocenters. The van der Waals surface area contributed by atoms with Gasteiger partial charge in [0, 0.05) is 34.5 Å². The van der Waals surface area contributed by atoms with Crippen molar-refractivity contribution in [1.29, 1.82) is 0 Å². The summed E-state index contributed by atoms with van der Waals surface area (Å²) in [5.74, 6) is -0.00743. The largest absolute Gasteiger partial charge is 0.344 e. The van der Waals surface area contributed by atoms with E-state index in [0.717, 1.165) is 16.6 Å². The molecule has 2 aromatic rings. The molecule has 1 N–H and O–H groups in total. The van der Waals surface area contributed by atoms with Crippen LogP contribution in [0.25, 0.3) is 0 Å². The monoisotopic (exact) mass is 348 g/mol. The number of aromatic nitrogens is 1. The molecule has 1 heterocycles. The Kier molecular flexibility index (Phi) is 5.33. The molecule has 0 radical (unpaired) electrons. The highest BCUT2D eigenvalue weighted by molar-refractivity contribution is 9.10. The number of anilines is 1. The standard InChI is InChI=1S/C16H17BrN2O2/c1-2-3-15(20)12-8-9-19(10-12)11-16(21)18-14-6-4-13(17)5-7-14/h4-10H,2-3,11H2,1H3,(H,18,21). The van der Waals surface area contributed by atoms with E-state index in [9.17, 15) is 9.59 Å². The van der Waals surface area contributed by atoms with E-state index in [2.05, 4.69) is 21.2 Å². The maximum Gasteiger partial charge on any atom is 0.244 e. The van der Waals surface area contributed by atoms with Gasteiger partial charge in [-0.1, -0.05) is 22.9 Å². The van der Waals surface area contributed by atoms with Crippen LogP contribution in [-0.2, 0) is 11.3 Å². The predicted octanol–water partition coefficient (Wildman–Crippen LogP) is 3.87. The molecule has 1 amide bonds. The van der Waals surface area contributed by atoms with Crippen molar-refractivity contribution in [2.75, 3.05) is 5.32 Å². The van der Waals surface area contributed by atoms with Crippen molar-refractivity contribution in [1.82, 2.24) is 4.57 Å². The van der Waals surface area contributed by atoms with E-state index < -0.39 is 0 Å². The summed E-state index contributed by atoms with van der Waals surface area (Å²) in [6.45, 7) is 2.16. The van der Waals surface area contributed by atoms with Crippen LogP contribution in [-0.4, -0.2) is 16.3 Å². The zero-order chi connectivity index (χ0) is 15.2. The second-order valence-electron chi connectivity index (χ2n) is 4.80. The number of benzene rings is 1. The quantitative estimate of drug-likeness (QED) is 0.805. The third-order valence-electron chi connectivity index (χ3n) is 3.00. The molecule has 0 bridgehead atoms. The Hall–Kier alpha value is -1.88. The smallest absolute Gasteiger partial charge is 0.244 e. The van der Waals surface area contributed by atoms with E-state index in [1.54, 1.807) is 23.0 Å². The molecule has 5 heteroatoms. The van der Waals surface area contributed by atoms with Gasteiger partial charge in [0.1, 0.15) is 6.54 Å². The lowest BCUT2D eigenvalue weighted by Crippen LogP contribution is -2.17. The van der Waals surface area contributed by atoms with Gasteiger partial charge >= 0.3 is 0 Å². The summed E-state index contributed by atoms with van der Waals surface area (Å²) in [6, 6.07) is 9.15. The molecule has 0 spiro atoms. The highest BCUT2D eigenvalue weighted by atomic mass is 79.9. The third kappa shape index (κ3) is 4.56. The minimum Gasteiger partial charge on any atom is -0.344 e. The van der Waals surface area contributed by atoms with Gasteiger partial charge < -0.3 is 9.88 Å². The van der Waals surface area contributed by atoms with E-state index in [1.807, 2.05) is 31.2 Å². The molecule has 4 nitrogen and oxygen atoms in total. The summed E-state index contributed by atoms with van der Waals surface area (Å²) < 4.78 is 2.68. The number of halogens is 1. The molecule has 0 saturated heterocycles.